The second kappa shape index (κ2) is 6.79. The molecule has 0 spiro atoms. The van der Waals surface area contributed by atoms with Crippen LogP contribution in [0, 0.1) is 11.6 Å². The van der Waals surface area contributed by atoms with Gasteiger partial charge in [0.25, 0.3) is 0 Å². The molecular weight excluding hydrogens is 298 g/mol. The van der Waals surface area contributed by atoms with Gasteiger partial charge in [-0.15, -0.1) is 0 Å². The van der Waals surface area contributed by atoms with Crippen LogP contribution >= 0.6 is 0 Å². The summed E-state index contributed by atoms with van der Waals surface area (Å²) in [6.07, 6.45) is 2.83. The summed E-state index contributed by atoms with van der Waals surface area (Å²) in [6.45, 7) is 0. The zero-order valence-corrected chi connectivity index (χ0v) is 12.0. The number of furan rings is 1. The van der Waals surface area contributed by atoms with E-state index in [1.54, 1.807) is 48.5 Å². The zero-order chi connectivity index (χ0) is 16.1. The number of hydrogen-bond acceptors (Lipinski definition) is 3. The summed E-state index contributed by atoms with van der Waals surface area (Å²) < 4.78 is 32.3. The van der Waals surface area contributed by atoms with Crippen LogP contribution in [0.5, 0.6) is 0 Å². The van der Waals surface area contributed by atoms with Crippen molar-refractivity contribution < 1.29 is 13.2 Å². The molecule has 0 saturated heterocycles. The molecule has 2 aromatic carbocycles. The van der Waals surface area contributed by atoms with Crippen molar-refractivity contribution in [3.63, 3.8) is 0 Å². The Morgan fingerprint density at radius 1 is 0.652 bits per heavy atom. The van der Waals surface area contributed by atoms with Gasteiger partial charge >= 0.3 is 0 Å². The highest BCUT2D eigenvalue weighted by molar-refractivity contribution is 5.83. The minimum absolute atomic E-state index is 0.227. The molecule has 1 aromatic heterocycles. The summed E-state index contributed by atoms with van der Waals surface area (Å²) in [4.78, 5) is 8.05. The van der Waals surface area contributed by atoms with Crippen LogP contribution in [-0.2, 0) is 0 Å². The van der Waals surface area contributed by atoms with Crippen molar-refractivity contribution in [2.24, 2.45) is 9.98 Å². The summed E-state index contributed by atoms with van der Waals surface area (Å²) in [5, 5.41) is 0. The SMILES string of the molecule is Fc1ccccc1N=Cc1ccc(C=Nc2ccccc2F)o1. The molecule has 0 radical (unpaired) electrons. The number of rotatable bonds is 4. The van der Waals surface area contributed by atoms with Crippen LogP contribution in [0.25, 0.3) is 0 Å². The third kappa shape index (κ3) is 3.77. The van der Waals surface area contributed by atoms with E-state index in [4.69, 9.17) is 4.42 Å². The van der Waals surface area contributed by atoms with E-state index >= 15 is 0 Å². The molecule has 0 N–H and O–H groups in total. The first-order valence-electron chi connectivity index (χ1n) is 6.89. The Labute approximate surface area is 131 Å². The molecule has 0 bridgehead atoms. The Kier molecular flexibility index (Phi) is 4.38. The lowest BCUT2D eigenvalue weighted by Crippen LogP contribution is -1.79. The van der Waals surface area contributed by atoms with Crippen molar-refractivity contribution >= 4 is 23.8 Å². The molecule has 3 aromatic rings. The van der Waals surface area contributed by atoms with Crippen LogP contribution in [0.15, 0.2) is 75.1 Å². The molecule has 5 heteroatoms. The van der Waals surface area contributed by atoms with E-state index in [1.165, 1.54) is 24.6 Å². The highest BCUT2D eigenvalue weighted by atomic mass is 19.1. The maximum atomic E-state index is 13.4. The summed E-state index contributed by atoms with van der Waals surface area (Å²) in [6, 6.07) is 15.7. The second-order valence-corrected chi connectivity index (χ2v) is 4.66. The number of benzene rings is 2. The fourth-order valence-corrected chi connectivity index (χ4v) is 1.89. The van der Waals surface area contributed by atoms with Gasteiger partial charge in [0.1, 0.15) is 23.2 Å². The van der Waals surface area contributed by atoms with Crippen LogP contribution in [0.1, 0.15) is 11.5 Å². The third-order valence-corrected chi connectivity index (χ3v) is 3.01. The molecule has 0 unspecified atom stereocenters. The first-order valence-corrected chi connectivity index (χ1v) is 6.89. The molecule has 0 atom stereocenters. The standard InChI is InChI=1S/C18H12F2N2O/c19-15-5-1-3-7-17(15)21-11-13-9-10-14(23-13)12-22-18-8-4-2-6-16(18)20/h1-12H. The summed E-state index contributed by atoms with van der Waals surface area (Å²) >= 11 is 0. The maximum absolute atomic E-state index is 13.4. The van der Waals surface area contributed by atoms with E-state index in [1.807, 2.05) is 0 Å². The quantitative estimate of drug-likeness (QED) is 0.621. The van der Waals surface area contributed by atoms with E-state index < -0.39 is 11.6 Å². The highest BCUT2D eigenvalue weighted by Crippen LogP contribution is 2.18. The molecule has 3 nitrogen and oxygen atoms in total. The molecule has 0 aliphatic rings. The number of halogens is 2. The molecule has 0 amide bonds. The minimum Gasteiger partial charge on any atom is -0.454 e. The molecule has 3 rings (SSSR count). The van der Waals surface area contributed by atoms with Crippen molar-refractivity contribution in [3.05, 3.63) is 83.8 Å². The maximum Gasteiger partial charge on any atom is 0.148 e. The van der Waals surface area contributed by atoms with Crippen molar-refractivity contribution in [2.45, 2.75) is 0 Å². The average Bonchev–Trinajstić information content (AvgIpc) is 3.01. The largest absolute Gasteiger partial charge is 0.454 e. The average molecular weight is 310 g/mol. The van der Waals surface area contributed by atoms with Crippen molar-refractivity contribution in [2.75, 3.05) is 0 Å². The molecule has 0 aliphatic heterocycles. The van der Waals surface area contributed by atoms with E-state index in [2.05, 4.69) is 9.98 Å². The lowest BCUT2D eigenvalue weighted by atomic mass is 10.3. The van der Waals surface area contributed by atoms with Gasteiger partial charge in [0.2, 0.25) is 0 Å². The molecule has 1 heterocycles. The fourth-order valence-electron chi connectivity index (χ4n) is 1.89. The third-order valence-electron chi connectivity index (χ3n) is 3.01. The van der Waals surface area contributed by atoms with Crippen molar-refractivity contribution in [1.29, 1.82) is 0 Å². The molecule has 23 heavy (non-hydrogen) atoms. The van der Waals surface area contributed by atoms with Gasteiger partial charge < -0.3 is 4.42 Å². The predicted octanol–water partition coefficient (Wildman–Crippen LogP) is 5.06. The molecule has 0 fully saturated rings. The highest BCUT2D eigenvalue weighted by Gasteiger charge is 2.01. The Morgan fingerprint density at radius 3 is 1.52 bits per heavy atom. The number of hydrogen-bond donors (Lipinski definition) is 0. The van der Waals surface area contributed by atoms with Crippen LogP contribution < -0.4 is 0 Å². The minimum atomic E-state index is -0.406. The molecule has 0 saturated carbocycles. The fraction of sp³-hybridized carbons (Fsp3) is 0. The molecule has 114 valence electrons. The monoisotopic (exact) mass is 310 g/mol. The van der Waals surface area contributed by atoms with Gasteiger partial charge in [-0.3, -0.25) is 0 Å². The predicted molar refractivity (Wildman–Crippen MR) is 86.0 cm³/mol. The summed E-state index contributed by atoms with van der Waals surface area (Å²) in [5.41, 5.74) is 0.455. The summed E-state index contributed by atoms with van der Waals surface area (Å²) in [7, 11) is 0. The topological polar surface area (TPSA) is 37.9 Å². The van der Waals surface area contributed by atoms with Crippen LogP contribution in [0.3, 0.4) is 0 Å². The number of nitrogens with zero attached hydrogens (tertiary/aromatic N) is 2. The van der Waals surface area contributed by atoms with Crippen LogP contribution in [0.2, 0.25) is 0 Å². The number of aliphatic imine (C=N–C) groups is 2. The summed E-state index contributed by atoms with van der Waals surface area (Å²) in [5.74, 6) is 0.0831. The second-order valence-electron chi connectivity index (χ2n) is 4.66. The smallest absolute Gasteiger partial charge is 0.148 e. The van der Waals surface area contributed by atoms with E-state index in [9.17, 15) is 8.78 Å². The lowest BCUT2D eigenvalue weighted by Gasteiger charge is -1.94. The van der Waals surface area contributed by atoms with Crippen LogP contribution in [-0.4, -0.2) is 12.4 Å². The van der Waals surface area contributed by atoms with Gasteiger partial charge in [0.05, 0.1) is 23.8 Å². The zero-order valence-electron chi connectivity index (χ0n) is 12.0. The van der Waals surface area contributed by atoms with Gasteiger partial charge in [-0.05, 0) is 36.4 Å². The van der Waals surface area contributed by atoms with E-state index in [0.29, 0.717) is 11.5 Å². The normalized spacial score (nSPS) is 11.6. The van der Waals surface area contributed by atoms with Gasteiger partial charge in [-0.2, -0.15) is 0 Å². The first-order chi connectivity index (χ1) is 11.2. The lowest BCUT2D eigenvalue weighted by molar-refractivity contribution is 0.553. The van der Waals surface area contributed by atoms with Gasteiger partial charge in [-0.1, -0.05) is 24.3 Å². The first kappa shape index (κ1) is 14.8. The van der Waals surface area contributed by atoms with Gasteiger partial charge in [-0.25, -0.2) is 18.8 Å². The molecule has 0 aliphatic carbocycles. The van der Waals surface area contributed by atoms with E-state index in [0.717, 1.165) is 0 Å². The van der Waals surface area contributed by atoms with Gasteiger partial charge in [0, 0.05) is 0 Å². The molecular formula is C18H12F2N2O. The Bertz CT molecular complexity index is 799. The number of para-hydroxylation sites is 2. The van der Waals surface area contributed by atoms with Gasteiger partial charge in [0.15, 0.2) is 0 Å². The van der Waals surface area contributed by atoms with Crippen LogP contribution in [0.4, 0.5) is 20.2 Å². The van der Waals surface area contributed by atoms with Crippen molar-refractivity contribution in [1.82, 2.24) is 0 Å². The Morgan fingerprint density at radius 2 is 1.09 bits per heavy atom. The Balaban J connectivity index is 1.74. The van der Waals surface area contributed by atoms with Crippen molar-refractivity contribution in [3.8, 4) is 0 Å². The van der Waals surface area contributed by atoms with E-state index in [-0.39, 0.29) is 11.4 Å². The Hall–Kier alpha value is -3.08.